The molecule has 1 aromatic carbocycles. The largest absolute Gasteiger partial charge is 0.489 e. The summed E-state index contributed by atoms with van der Waals surface area (Å²) in [5, 5.41) is 12.1. The monoisotopic (exact) mass is 837 g/mol. The van der Waals surface area contributed by atoms with E-state index < -0.39 is 59.8 Å². The van der Waals surface area contributed by atoms with Crippen LogP contribution in [-0.2, 0) is 38.1 Å². The predicted molar refractivity (Wildman–Crippen MR) is 229 cm³/mol. The first-order valence-electron chi connectivity index (χ1n) is 22.5. The van der Waals surface area contributed by atoms with Gasteiger partial charge < -0.3 is 39.4 Å². The number of para-hydroxylation sites is 1. The first-order chi connectivity index (χ1) is 28.6. The van der Waals surface area contributed by atoms with E-state index in [0.717, 1.165) is 29.7 Å². The Kier molecular flexibility index (Phi) is 17.1. The molecule has 0 aromatic heterocycles. The van der Waals surface area contributed by atoms with E-state index >= 15 is 0 Å². The number of nitrogens with two attached hydrogens (primary N) is 1. The van der Waals surface area contributed by atoms with E-state index in [1.807, 2.05) is 58.0 Å². The molecule has 334 valence electrons. The van der Waals surface area contributed by atoms with Crippen LogP contribution in [0.5, 0.6) is 5.75 Å². The summed E-state index contributed by atoms with van der Waals surface area (Å²) in [5.41, 5.74) is 8.49. The van der Waals surface area contributed by atoms with Gasteiger partial charge in [-0.3, -0.25) is 14.4 Å². The topological polar surface area (TPSA) is 164 Å². The second-order valence-corrected chi connectivity index (χ2v) is 18.3. The van der Waals surface area contributed by atoms with Crippen LogP contribution < -0.4 is 10.5 Å². The molecule has 12 heteroatoms. The van der Waals surface area contributed by atoms with E-state index in [4.69, 9.17) is 29.4 Å². The molecule has 13 unspecified atom stereocenters. The number of carbonyl (C=O) groups excluding carboxylic acids is 4. The highest BCUT2D eigenvalue weighted by molar-refractivity contribution is 6.39. The number of amides is 1. The van der Waals surface area contributed by atoms with Crippen molar-refractivity contribution in [2.45, 2.75) is 167 Å². The number of hydrogen-bond donors (Lipinski definition) is 2. The van der Waals surface area contributed by atoms with Crippen molar-refractivity contribution in [2.75, 3.05) is 20.8 Å². The summed E-state index contributed by atoms with van der Waals surface area (Å²) in [5.74, 6) is -5.36. The third-order valence-corrected chi connectivity index (χ3v) is 13.6. The average molecular weight is 837 g/mol. The van der Waals surface area contributed by atoms with Crippen molar-refractivity contribution in [1.82, 2.24) is 4.90 Å². The van der Waals surface area contributed by atoms with Gasteiger partial charge in [-0.05, 0) is 120 Å². The Labute approximate surface area is 357 Å². The number of esters is 1. The molecule has 3 aliphatic heterocycles. The molecule has 1 aromatic rings. The molecule has 12 nitrogen and oxygen atoms in total. The van der Waals surface area contributed by atoms with Gasteiger partial charge in [0.1, 0.15) is 35.9 Å². The van der Waals surface area contributed by atoms with Crippen molar-refractivity contribution in [3.05, 3.63) is 53.6 Å². The van der Waals surface area contributed by atoms with Crippen molar-refractivity contribution < 1.29 is 48.0 Å². The molecule has 1 saturated carbocycles. The Morgan fingerprint density at radius 3 is 2.33 bits per heavy atom. The molecule has 1 amide bonds. The average Bonchev–Trinajstić information content (AvgIpc) is 3.24. The lowest BCUT2D eigenvalue weighted by molar-refractivity contribution is -0.302. The van der Waals surface area contributed by atoms with Crippen LogP contribution in [-0.4, -0.2) is 103 Å². The maximum atomic E-state index is 14.4. The lowest BCUT2D eigenvalue weighted by Crippen LogP contribution is -2.64. The Bertz CT molecular complexity index is 1680. The van der Waals surface area contributed by atoms with E-state index in [0.29, 0.717) is 57.8 Å². The number of nitrogens with zero attached hydrogens (tertiary/aromatic N) is 1. The van der Waals surface area contributed by atoms with Crippen LogP contribution in [0.25, 0.3) is 0 Å². The zero-order valence-electron chi connectivity index (χ0n) is 37.3. The van der Waals surface area contributed by atoms with Crippen molar-refractivity contribution in [3.8, 4) is 5.75 Å². The highest BCUT2D eigenvalue weighted by atomic mass is 16.7. The second kappa shape index (κ2) is 21.6. The van der Waals surface area contributed by atoms with Crippen molar-refractivity contribution in [1.29, 1.82) is 0 Å². The molecule has 3 fully saturated rings. The second-order valence-electron chi connectivity index (χ2n) is 18.3. The molecular formula is C48H72N2O10. The number of aliphatic hydroxyl groups is 1. The molecule has 3 heterocycles. The van der Waals surface area contributed by atoms with Crippen LogP contribution in [0.1, 0.15) is 119 Å². The van der Waals surface area contributed by atoms with E-state index in [2.05, 4.69) is 19.1 Å². The number of rotatable bonds is 7. The van der Waals surface area contributed by atoms with Crippen LogP contribution >= 0.6 is 0 Å². The van der Waals surface area contributed by atoms with Crippen molar-refractivity contribution in [2.24, 2.45) is 35.3 Å². The van der Waals surface area contributed by atoms with Crippen LogP contribution in [0.2, 0.25) is 0 Å². The summed E-state index contributed by atoms with van der Waals surface area (Å²) in [4.78, 5) is 58.1. The van der Waals surface area contributed by atoms with Crippen LogP contribution in [0.3, 0.4) is 0 Å². The number of cyclic esters (lactones) is 1. The smallest absolute Gasteiger partial charge is 0.329 e. The van der Waals surface area contributed by atoms with Gasteiger partial charge in [-0.2, -0.15) is 0 Å². The van der Waals surface area contributed by atoms with E-state index in [1.54, 1.807) is 21.1 Å². The molecule has 13 atom stereocenters. The molecular weight excluding hydrogens is 765 g/mol. The summed E-state index contributed by atoms with van der Waals surface area (Å²) in [7, 11) is 3.11. The molecule has 4 aliphatic rings. The SMILES string of the molecule is CCC1/C=C(\C)CC(C)CC(OC)C2OC(O)(C(=O)C(=O)N3CCCCC3C(=O)OC(C(C)=CC3CCC(N)C(Oc4ccccc4)C3)C(C)CCC1=O)C(C)CC2OC. The molecule has 2 saturated heterocycles. The van der Waals surface area contributed by atoms with Crippen LogP contribution in [0.15, 0.2) is 53.6 Å². The Balaban J connectivity index is 1.48. The molecule has 60 heavy (non-hydrogen) atoms. The van der Waals surface area contributed by atoms with Crippen molar-refractivity contribution in [3.63, 3.8) is 0 Å². The summed E-state index contributed by atoms with van der Waals surface area (Å²) in [6, 6.07) is 8.49. The quantitative estimate of drug-likeness (QED) is 0.167. The zero-order valence-corrected chi connectivity index (χ0v) is 37.3. The number of allylic oxidation sites excluding steroid dienone is 3. The molecule has 5 rings (SSSR count). The van der Waals surface area contributed by atoms with Gasteiger partial charge in [0.2, 0.25) is 5.79 Å². The van der Waals surface area contributed by atoms with Gasteiger partial charge >= 0.3 is 5.97 Å². The number of benzene rings is 1. The van der Waals surface area contributed by atoms with Gasteiger partial charge in [-0.15, -0.1) is 0 Å². The maximum absolute atomic E-state index is 14.4. The van der Waals surface area contributed by atoms with Gasteiger partial charge in [0.25, 0.3) is 11.7 Å². The van der Waals surface area contributed by atoms with Gasteiger partial charge in [0, 0.05) is 45.1 Å². The van der Waals surface area contributed by atoms with E-state index in [9.17, 15) is 24.3 Å². The summed E-state index contributed by atoms with van der Waals surface area (Å²) in [6.07, 6.45) is 8.17. The number of fused-ring (bicyclic) bond motifs is 3. The minimum Gasteiger partial charge on any atom is -0.489 e. The normalized spacial score (nSPS) is 38.2. The van der Waals surface area contributed by atoms with Gasteiger partial charge in [-0.25, -0.2) is 4.79 Å². The molecule has 2 bridgehead atoms. The number of piperidine rings is 1. The Morgan fingerprint density at radius 1 is 0.950 bits per heavy atom. The minimum atomic E-state index is -2.47. The number of ketones is 2. The Morgan fingerprint density at radius 2 is 1.65 bits per heavy atom. The standard InChI is InChI=1S/C48H72N2O10/c1-9-35-24-29(2)23-30(3)25-41(56-7)44-42(57-8)27-33(6)48(55,60-44)45(52)46(53)50-22-14-13-17-38(50)47(54)59-43(31(4)18-21-39(35)51)32(5)26-34-19-20-37(49)40(28-34)58-36-15-11-10-12-16-36/h10-12,15-16,24,26,30-31,33-35,37-38,40-44,55H,9,13-14,17-23,25,27-28,49H2,1-8H3/b29-24+,32-26?. The predicted octanol–water partition coefficient (Wildman–Crippen LogP) is 6.90. The van der Waals surface area contributed by atoms with Crippen molar-refractivity contribution >= 4 is 23.4 Å². The summed E-state index contributed by atoms with van der Waals surface area (Å²) in [6.45, 7) is 11.9. The minimum absolute atomic E-state index is 0.0895. The number of ether oxygens (including phenoxy) is 5. The lowest BCUT2D eigenvalue weighted by Gasteiger charge is -2.47. The molecule has 3 N–H and O–H groups in total. The molecule has 0 radical (unpaired) electrons. The first-order valence-corrected chi connectivity index (χ1v) is 22.5. The lowest BCUT2D eigenvalue weighted by atomic mass is 9.81. The van der Waals surface area contributed by atoms with Crippen LogP contribution in [0.4, 0.5) is 0 Å². The fraction of sp³-hybridized carbons (Fsp3) is 0.708. The number of hydrogen-bond acceptors (Lipinski definition) is 11. The first kappa shape index (κ1) is 47.6. The zero-order chi connectivity index (χ0) is 43.7. The third-order valence-electron chi connectivity index (χ3n) is 13.6. The summed E-state index contributed by atoms with van der Waals surface area (Å²) >= 11 is 0. The summed E-state index contributed by atoms with van der Waals surface area (Å²) < 4.78 is 30.9. The maximum Gasteiger partial charge on any atom is 0.329 e. The fourth-order valence-electron chi connectivity index (χ4n) is 9.99. The highest BCUT2D eigenvalue weighted by Gasteiger charge is 2.56. The number of methoxy groups -OCH3 is 2. The number of Topliss-reactive ketones (excluding diaryl/α,β-unsaturated/α-hetero) is 2. The van der Waals surface area contributed by atoms with Gasteiger partial charge in [0.05, 0.1) is 12.2 Å². The molecule has 0 spiro atoms. The highest BCUT2D eigenvalue weighted by Crippen LogP contribution is 2.39. The van der Waals surface area contributed by atoms with Gasteiger partial charge in [0.15, 0.2) is 0 Å². The fourth-order valence-corrected chi connectivity index (χ4v) is 9.99. The third kappa shape index (κ3) is 11.5. The van der Waals surface area contributed by atoms with Crippen LogP contribution in [0, 0.1) is 29.6 Å². The van der Waals surface area contributed by atoms with E-state index in [1.165, 1.54) is 4.90 Å². The van der Waals surface area contributed by atoms with Gasteiger partial charge in [-0.1, -0.05) is 63.6 Å². The molecule has 1 aliphatic carbocycles. The Hall–Kier alpha value is -3.42. The number of carbonyl (C=O) groups is 4. The van der Waals surface area contributed by atoms with E-state index in [-0.39, 0.29) is 54.6 Å².